The molecule has 0 spiro atoms. The number of amides is 2. The van der Waals surface area contributed by atoms with Gasteiger partial charge in [0.25, 0.3) is 11.8 Å². The van der Waals surface area contributed by atoms with Crippen molar-refractivity contribution in [1.29, 1.82) is 0 Å². The first-order chi connectivity index (χ1) is 19.3. The molecule has 1 aromatic heterocycles. The zero-order valence-corrected chi connectivity index (χ0v) is 26.0. The highest BCUT2D eigenvalue weighted by molar-refractivity contribution is 7.91. The number of aryl methyl sites for hydroxylation is 1. The second kappa shape index (κ2) is 12.4. The average Bonchev–Trinajstić information content (AvgIpc) is 3.34. The summed E-state index contributed by atoms with van der Waals surface area (Å²) in [5.41, 5.74) is 4.75. The van der Waals surface area contributed by atoms with E-state index in [1.165, 1.54) is 0 Å². The maximum absolute atomic E-state index is 13.3. The fourth-order valence-corrected chi connectivity index (χ4v) is 7.42. The summed E-state index contributed by atoms with van der Waals surface area (Å²) >= 11 is 6.05. The van der Waals surface area contributed by atoms with E-state index in [1.807, 2.05) is 13.8 Å². The van der Waals surface area contributed by atoms with Gasteiger partial charge in [0.05, 0.1) is 22.1 Å². The topological polar surface area (TPSA) is 111 Å². The zero-order valence-electron chi connectivity index (χ0n) is 24.5. The van der Waals surface area contributed by atoms with Crippen molar-refractivity contribution in [3.05, 3.63) is 86.4 Å². The fraction of sp³-hybridized carbons (Fsp3) is 0.419. The van der Waals surface area contributed by atoms with E-state index in [-0.39, 0.29) is 24.0 Å². The van der Waals surface area contributed by atoms with E-state index >= 15 is 0 Å². The lowest BCUT2D eigenvalue weighted by Crippen LogP contribution is -2.42. The number of aromatic amines is 1. The van der Waals surface area contributed by atoms with Crippen LogP contribution < -0.4 is 10.6 Å². The van der Waals surface area contributed by atoms with E-state index in [0.717, 1.165) is 12.1 Å². The molecule has 2 heterocycles. The molecule has 1 unspecified atom stereocenters. The number of sulfone groups is 1. The molecule has 41 heavy (non-hydrogen) atoms. The number of carbonyl (C=O) groups is 2. The number of carbonyl (C=O) groups excluding carboxylic acids is 2. The molecule has 0 saturated carbocycles. The number of hydrogen-bond donors (Lipinski definition) is 3. The molecule has 4 rings (SSSR count). The number of fused-ring (bicyclic) bond motifs is 1. The first-order valence-electron chi connectivity index (χ1n) is 13.9. The third-order valence-electron chi connectivity index (χ3n) is 7.67. The Hall–Kier alpha value is -3.14. The second-order valence-corrected chi connectivity index (χ2v) is 13.9. The Kier molecular flexibility index (Phi) is 9.31. The van der Waals surface area contributed by atoms with Crippen LogP contribution in [0.2, 0.25) is 5.02 Å². The van der Waals surface area contributed by atoms with Gasteiger partial charge in [-0.05, 0) is 77.3 Å². The normalized spacial score (nSPS) is 18.1. The van der Waals surface area contributed by atoms with Gasteiger partial charge < -0.3 is 15.6 Å². The maximum atomic E-state index is 13.3. The number of rotatable bonds is 10. The molecule has 1 aliphatic heterocycles. The van der Waals surface area contributed by atoms with Crippen LogP contribution in [-0.2, 0) is 20.4 Å². The summed E-state index contributed by atoms with van der Waals surface area (Å²) in [6, 6.07) is 7.56. The second-order valence-electron chi connectivity index (χ2n) is 11.3. The highest BCUT2D eigenvalue weighted by atomic mass is 35.5. The number of nitrogens with zero attached hydrogens (tertiary/aromatic N) is 1. The molecule has 220 valence electrons. The summed E-state index contributed by atoms with van der Waals surface area (Å²) in [5, 5.41) is 5.59. The van der Waals surface area contributed by atoms with Gasteiger partial charge in [-0.25, -0.2) is 8.42 Å². The first kappa shape index (κ1) is 30.8. The Balaban J connectivity index is 1.56. The number of nitrogens with one attached hydrogen (secondary N) is 3. The fourth-order valence-electron chi connectivity index (χ4n) is 5.62. The third-order valence-corrected chi connectivity index (χ3v) is 9.89. The molecule has 1 saturated heterocycles. The van der Waals surface area contributed by atoms with Crippen molar-refractivity contribution in [3.63, 3.8) is 0 Å². The summed E-state index contributed by atoms with van der Waals surface area (Å²) < 4.78 is 26.6. The van der Waals surface area contributed by atoms with E-state index in [0.29, 0.717) is 63.0 Å². The van der Waals surface area contributed by atoms with Gasteiger partial charge in [0, 0.05) is 52.9 Å². The van der Waals surface area contributed by atoms with E-state index in [1.54, 1.807) is 42.5 Å². The molecule has 1 atom stereocenters. The van der Waals surface area contributed by atoms with Crippen LogP contribution >= 0.6 is 11.6 Å². The predicted molar refractivity (Wildman–Crippen MR) is 164 cm³/mol. The molecule has 1 fully saturated rings. The van der Waals surface area contributed by atoms with E-state index in [9.17, 15) is 18.0 Å². The van der Waals surface area contributed by atoms with Crippen molar-refractivity contribution < 1.29 is 18.0 Å². The minimum absolute atomic E-state index is 0.148. The Morgan fingerprint density at radius 3 is 2.56 bits per heavy atom. The van der Waals surface area contributed by atoms with Gasteiger partial charge in [-0.15, -0.1) is 0 Å². The van der Waals surface area contributed by atoms with E-state index in [4.69, 9.17) is 11.6 Å². The average molecular weight is 599 g/mol. The summed E-state index contributed by atoms with van der Waals surface area (Å²) in [4.78, 5) is 31.7. The number of benzene rings is 1. The molecule has 2 amide bonds. The van der Waals surface area contributed by atoms with Crippen LogP contribution in [0, 0.1) is 13.8 Å². The smallest absolute Gasteiger partial charge is 0.256 e. The Morgan fingerprint density at radius 1 is 1.20 bits per heavy atom. The molecule has 3 N–H and O–H groups in total. The van der Waals surface area contributed by atoms with Gasteiger partial charge >= 0.3 is 0 Å². The van der Waals surface area contributed by atoms with Crippen LogP contribution in [0.1, 0.15) is 67.0 Å². The van der Waals surface area contributed by atoms with Crippen LogP contribution in [0.15, 0.2) is 53.3 Å². The predicted octanol–water partition coefficient (Wildman–Crippen LogP) is 4.84. The van der Waals surface area contributed by atoms with E-state index < -0.39 is 15.1 Å². The van der Waals surface area contributed by atoms with Gasteiger partial charge in [0.15, 0.2) is 9.84 Å². The largest absolute Gasteiger partial charge is 0.358 e. The van der Waals surface area contributed by atoms with Crippen molar-refractivity contribution in [2.75, 3.05) is 13.1 Å². The van der Waals surface area contributed by atoms with Crippen LogP contribution in [0.25, 0.3) is 6.08 Å². The molecular weight excluding hydrogens is 560 g/mol. The molecule has 10 heteroatoms. The van der Waals surface area contributed by atoms with Crippen molar-refractivity contribution in [3.8, 4) is 0 Å². The summed E-state index contributed by atoms with van der Waals surface area (Å²) in [5.74, 6) is -0.630. The highest BCUT2D eigenvalue weighted by Gasteiger charge is 2.34. The van der Waals surface area contributed by atoms with Crippen molar-refractivity contribution >= 4 is 39.3 Å². The van der Waals surface area contributed by atoms with Crippen LogP contribution in [-0.4, -0.2) is 60.5 Å². The molecule has 8 nitrogen and oxygen atoms in total. The Bertz CT molecular complexity index is 1540. The lowest BCUT2D eigenvalue weighted by Gasteiger charge is -2.30. The van der Waals surface area contributed by atoms with Crippen molar-refractivity contribution in [2.24, 2.45) is 0 Å². The molecule has 1 aliphatic carbocycles. The monoisotopic (exact) mass is 598 g/mol. The number of halogens is 1. The van der Waals surface area contributed by atoms with Gasteiger partial charge in [-0.1, -0.05) is 35.9 Å². The summed E-state index contributed by atoms with van der Waals surface area (Å²) in [6.45, 7) is 13.5. The minimum Gasteiger partial charge on any atom is -0.358 e. The van der Waals surface area contributed by atoms with Gasteiger partial charge in [-0.2, -0.15) is 0 Å². The zero-order chi connectivity index (χ0) is 30.1. The van der Waals surface area contributed by atoms with Gasteiger partial charge in [0.2, 0.25) is 0 Å². The molecule has 1 aromatic carbocycles. The maximum Gasteiger partial charge on any atom is 0.256 e. The number of aromatic nitrogens is 1. The highest BCUT2D eigenvalue weighted by Crippen LogP contribution is 2.34. The summed E-state index contributed by atoms with van der Waals surface area (Å²) in [7, 11) is -3.56. The van der Waals surface area contributed by atoms with Crippen molar-refractivity contribution in [1.82, 2.24) is 20.5 Å². The molecular formula is C31H39ClN4O4S. The van der Waals surface area contributed by atoms with Gasteiger partial charge in [-0.3, -0.25) is 14.5 Å². The summed E-state index contributed by atoms with van der Waals surface area (Å²) in [6.07, 6.45) is 5.39. The molecule has 0 bridgehead atoms. The Morgan fingerprint density at radius 2 is 1.90 bits per heavy atom. The van der Waals surface area contributed by atoms with Gasteiger partial charge in [0.1, 0.15) is 0 Å². The third kappa shape index (κ3) is 6.85. The number of hydrogen-bond acceptors (Lipinski definition) is 5. The molecule has 2 aliphatic rings. The quantitative estimate of drug-likeness (QED) is 0.339. The number of H-pyrrole nitrogens is 1. The molecule has 2 aromatic rings. The van der Waals surface area contributed by atoms with Crippen LogP contribution in [0.4, 0.5) is 0 Å². The minimum atomic E-state index is -3.56. The number of allylic oxidation sites excluding steroid dienone is 2. The van der Waals surface area contributed by atoms with Crippen LogP contribution in [0.5, 0.6) is 0 Å². The van der Waals surface area contributed by atoms with Crippen LogP contribution in [0.3, 0.4) is 0 Å². The standard InChI is InChI=1S/C31H39ClN4O4S/c1-18(2)36(19(3)4)13-12-33-31(38)29-20(5)28(34-21(29)6)16-26-25-15-24(10-11-27(25)35-30(26)37)41(39,40)17-22-8-7-9-23(32)14-22/h7-9,11,14-16,18-19,24,34H,10,12-13,17H2,1-6H3,(H,33,38)(H,35,37). The first-order valence-corrected chi connectivity index (χ1v) is 16.0. The molecule has 0 radical (unpaired) electrons. The SMILES string of the molecule is Cc1[nH]c(C=C2C(=O)NC3=CCC(S(=O)(=O)Cc4cccc(Cl)c4)C=C32)c(C)c1C(=O)NCCN(C(C)C)C(C)C. The lowest BCUT2D eigenvalue weighted by molar-refractivity contribution is -0.115. The Labute approximate surface area is 247 Å². The van der Waals surface area contributed by atoms with E-state index in [2.05, 4.69) is 48.2 Å². The van der Waals surface area contributed by atoms with Crippen molar-refractivity contribution in [2.45, 2.75) is 71.0 Å². The lowest BCUT2D eigenvalue weighted by atomic mass is 9.98.